The number of methoxy groups -OCH3 is 1. The van der Waals surface area contributed by atoms with Gasteiger partial charge in [0.25, 0.3) is 5.91 Å². The summed E-state index contributed by atoms with van der Waals surface area (Å²) in [5.41, 5.74) is -0.682. The molecule has 0 aliphatic rings. The number of benzene rings is 1. The quantitative estimate of drug-likeness (QED) is 0.681. The van der Waals surface area contributed by atoms with Gasteiger partial charge < -0.3 is 10.1 Å². The molecule has 1 aromatic rings. The first kappa shape index (κ1) is 16.0. The highest BCUT2D eigenvalue weighted by molar-refractivity contribution is 5.97. The zero-order valence-corrected chi connectivity index (χ0v) is 11.2. The fourth-order valence-corrected chi connectivity index (χ4v) is 1.54. The van der Waals surface area contributed by atoms with Crippen molar-refractivity contribution in [1.82, 2.24) is 5.32 Å². The Morgan fingerprint density at radius 2 is 1.75 bits per heavy atom. The third-order valence-corrected chi connectivity index (χ3v) is 2.69. The number of esters is 1. The molecule has 0 saturated carbocycles. The molecule has 4 nitrogen and oxygen atoms in total. The first-order valence-corrected chi connectivity index (χ1v) is 5.81. The third-order valence-electron chi connectivity index (χ3n) is 2.69. The van der Waals surface area contributed by atoms with E-state index < -0.39 is 40.9 Å². The van der Waals surface area contributed by atoms with Crippen molar-refractivity contribution in [3.63, 3.8) is 0 Å². The average Bonchev–Trinajstić information content (AvgIpc) is 2.40. The molecule has 0 saturated heterocycles. The highest BCUT2D eigenvalue weighted by Gasteiger charge is 2.27. The molecular weight excluding hydrogens is 275 g/mol. The van der Waals surface area contributed by atoms with Crippen molar-refractivity contribution >= 4 is 11.9 Å². The van der Waals surface area contributed by atoms with Crippen LogP contribution in [0.4, 0.5) is 13.2 Å². The van der Waals surface area contributed by atoms with E-state index in [4.69, 9.17) is 0 Å². The molecule has 0 aliphatic carbocycles. The van der Waals surface area contributed by atoms with E-state index in [2.05, 4.69) is 10.1 Å². The lowest BCUT2D eigenvalue weighted by atomic mass is 10.0. The Labute approximate surface area is 113 Å². The zero-order chi connectivity index (χ0) is 15.4. The number of nitrogens with one attached hydrogen (secondary N) is 1. The number of halogens is 3. The Hall–Kier alpha value is -2.05. The molecule has 0 spiro atoms. The van der Waals surface area contributed by atoms with Crippen molar-refractivity contribution in [2.24, 2.45) is 5.92 Å². The standard InChI is InChI=1S/C13H14F3NO3/c1-6(2)11(13(19)20-3)17-12(18)7-4-5-8(14)10(16)9(7)15/h4-6,11H,1-3H3,(H,17,18). The van der Waals surface area contributed by atoms with E-state index in [9.17, 15) is 22.8 Å². The number of carbonyl (C=O) groups is 2. The van der Waals surface area contributed by atoms with Gasteiger partial charge in [0.15, 0.2) is 17.5 Å². The van der Waals surface area contributed by atoms with Crippen molar-refractivity contribution < 1.29 is 27.5 Å². The topological polar surface area (TPSA) is 55.4 Å². The van der Waals surface area contributed by atoms with Gasteiger partial charge in [0, 0.05) is 0 Å². The average molecular weight is 289 g/mol. The van der Waals surface area contributed by atoms with Gasteiger partial charge in [0.05, 0.1) is 12.7 Å². The van der Waals surface area contributed by atoms with Gasteiger partial charge in [-0.05, 0) is 18.1 Å². The Morgan fingerprint density at radius 1 is 1.15 bits per heavy atom. The van der Waals surface area contributed by atoms with Crippen molar-refractivity contribution in [3.8, 4) is 0 Å². The third kappa shape index (κ3) is 3.28. The summed E-state index contributed by atoms with van der Waals surface area (Å²) in [6.45, 7) is 3.28. The number of amides is 1. The summed E-state index contributed by atoms with van der Waals surface area (Å²) in [6, 6.07) is 0.424. The van der Waals surface area contributed by atoms with Crippen LogP contribution in [0.2, 0.25) is 0 Å². The molecule has 20 heavy (non-hydrogen) atoms. The van der Waals surface area contributed by atoms with Crippen LogP contribution in [-0.2, 0) is 9.53 Å². The summed E-state index contributed by atoms with van der Waals surface area (Å²) < 4.78 is 43.8. The van der Waals surface area contributed by atoms with Crippen LogP contribution >= 0.6 is 0 Å². The van der Waals surface area contributed by atoms with Crippen molar-refractivity contribution in [2.45, 2.75) is 19.9 Å². The molecule has 1 unspecified atom stereocenters. The fraction of sp³-hybridized carbons (Fsp3) is 0.385. The van der Waals surface area contributed by atoms with Crippen LogP contribution < -0.4 is 5.32 Å². The van der Waals surface area contributed by atoms with E-state index in [-0.39, 0.29) is 5.92 Å². The number of ether oxygens (including phenoxy) is 1. The van der Waals surface area contributed by atoms with Crippen molar-refractivity contribution in [1.29, 1.82) is 0 Å². The fourth-order valence-electron chi connectivity index (χ4n) is 1.54. The van der Waals surface area contributed by atoms with Gasteiger partial charge in [-0.1, -0.05) is 13.8 Å². The first-order valence-electron chi connectivity index (χ1n) is 5.81. The summed E-state index contributed by atoms with van der Waals surface area (Å²) in [4.78, 5) is 23.3. The summed E-state index contributed by atoms with van der Waals surface area (Å²) >= 11 is 0. The van der Waals surface area contributed by atoms with Gasteiger partial charge in [-0.15, -0.1) is 0 Å². The van der Waals surface area contributed by atoms with E-state index in [0.29, 0.717) is 6.07 Å². The highest BCUT2D eigenvalue weighted by Crippen LogP contribution is 2.16. The van der Waals surface area contributed by atoms with Gasteiger partial charge >= 0.3 is 5.97 Å². The first-order chi connectivity index (χ1) is 9.29. The number of carbonyl (C=O) groups excluding carboxylic acids is 2. The molecule has 0 aromatic heterocycles. The van der Waals surface area contributed by atoms with Crippen LogP contribution in [0, 0.1) is 23.4 Å². The van der Waals surface area contributed by atoms with E-state index in [1.54, 1.807) is 13.8 Å². The molecule has 1 rings (SSSR count). The zero-order valence-electron chi connectivity index (χ0n) is 11.2. The van der Waals surface area contributed by atoms with Gasteiger partial charge in [0.1, 0.15) is 6.04 Å². The van der Waals surface area contributed by atoms with Crippen molar-refractivity contribution in [3.05, 3.63) is 35.1 Å². The van der Waals surface area contributed by atoms with E-state index in [1.807, 2.05) is 0 Å². The highest BCUT2D eigenvalue weighted by atomic mass is 19.2. The summed E-state index contributed by atoms with van der Waals surface area (Å²) in [5, 5.41) is 2.23. The SMILES string of the molecule is COC(=O)C(NC(=O)c1ccc(F)c(F)c1F)C(C)C. The molecule has 0 aliphatic heterocycles. The van der Waals surface area contributed by atoms with Crippen LogP contribution in [0.15, 0.2) is 12.1 Å². The maximum atomic E-state index is 13.5. The minimum Gasteiger partial charge on any atom is -0.467 e. The number of rotatable bonds is 4. The lowest BCUT2D eigenvalue weighted by Crippen LogP contribution is -2.45. The second kappa shape index (κ2) is 6.40. The second-order valence-corrected chi connectivity index (χ2v) is 4.44. The van der Waals surface area contributed by atoms with Crippen LogP contribution in [-0.4, -0.2) is 25.0 Å². The normalized spacial score (nSPS) is 12.2. The van der Waals surface area contributed by atoms with Gasteiger partial charge in [-0.2, -0.15) is 0 Å². The van der Waals surface area contributed by atoms with E-state index >= 15 is 0 Å². The molecule has 0 heterocycles. The van der Waals surface area contributed by atoms with Gasteiger partial charge in [-0.25, -0.2) is 18.0 Å². The Kier molecular flexibility index (Phi) is 5.12. The molecule has 1 amide bonds. The predicted octanol–water partition coefficient (Wildman–Crippen LogP) is 2.03. The minimum atomic E-state index is -1.74. The van der Waals surface area contributed by atoms with Crippen molar-refractivity contribution in [2.75, 3.05) is 7.11 Å². The maximum Gasteiger partial charge on any atom is 0.328 e. The van der Waals surface area contributed by atoms with Crippen LogP contribution in [0.3, 0.4) is 0 Å². The van der Waals surface area contributed by atoms with Crippen LogP contribution in [0.1, 0.15) is 24.2 Å². The summed E-state index contributed by atoms with van der Waals surface area (Å²) in [5.74, 6) is -6.79. The molecule has 1 atom stereocenters. The molecule has 7 heteroatoms. The Morgan fingerprint density at radius 3 is 2.25 bits per heavy atom. The molecule has 0 bridgehead atoms. The lowest BCUT2D eigenvalue weighted by Gasteiger charge is -2.19. The Bertz CT molecular complexity index is 532. The monoisotopic (exact) mass is 289 g/mol. The van der Waals surface area contributed by atoms with Gasteiger partial charge in [-0.3, -0.25) is 4.79 Å². The minimum absolute atomic E-state index is 0.320. The van der Waals surface area contributed by atoms with Gasteiger partial charge in [0.2, 0.25) is 0 Å². The summed E-state index contributed by atoms with van der Waals surface area (Å²) in [6.07, 6.45) is 0. The molecular formula is C13H14F3NO3. The predicted molar refractivity (Wildman–Crippen MR) is 64.4 cm³/mol. The largest absolute Gasteiger partial charge is 0.467 e. The Balaban J connectivity index is 3.01. The van der Waals surface area contributed by atoms with E-state index in [0.717, 1.165) is 13.2 Å². The lowest BCUT2D eigenvalue weighted by molar-refractivity contribution is -0.144. The van der Waals surface area contributed by atoms with Crippen LogP contribution in [0.25, 0.3) is 0 Å². The smallest absolute Gasteiger partial charge is 0.328 e. The molecule has 1 aromatic carbocycles. The van der Waals surface area contributed by atoms with E-state index in [1.165, 1.54) is 0 Å². The number of hydrogen-bond donors (Lipinski definition) is 1. The summed E-state index contributed by atoms with van der Waals surface area (Å²) in [7, 11) is 1.14. The second-order valence-electron chi connectivity index (χ2n) is 4.44. The molecule has 110 valence electrons. The molecule has 1 N–H and O–H groups in total. The van der Waals surface area contributed by atoms with Crippen LogP contribution in [0.5, 0.6) is 0 Å². The molecule has 0 fully saturated rings. The number of hydrogen-bond acceptors (Lipinski definition) is 3. The maximum absolute atomic E-state index is 13.5. The molecule has 0 radical (unpaired) electrons.